The SMILES string of the molecule is Cc1cc(C(=O)COC(=O)CN=C2NS(=O)(=O)c3ccccc32)c(C)n1-c1ccc(F)cc1. The number of aliphatic imine (C=N–C) groups is 1. The molecule has 8 nitrogen and oxygen atoms in total. The predicted octanol–water partition coefficient (Wildman–Crippen LogP) is 2.70. The van der Waals surface area contributed by atoms with Crippen LogP contribution in [0.2, 0.25) is 0 Å². The first kappa shape index (κ1) is 22.4. The van der Waals surface area contributed by atoms with E-state index in [1.54, 1.807) is 43.3 Å². The Bertz CT molecular complexity index is 1390. The molecule has 0 saturated carbocycles. The fourth-order valence-corrected chi connectivity index (χ4v) is 4.95. The number of hydrogen-bond acceptors (Lipinski definition) is 6. The molecule has 0 bridgehead atoms. The number of benzene rings is 2. The van der Waals surface area contributed by atoms with Crippen molar-refractivity contribution in [3.8, 4) is 5.69 Å². The van der Waals surface area contributed by atoms with Crippen LogP contribution in [0.1, 0.15) is 27.3 Å². The molecule has 0 unspecified atom stereocenters. The normalized spacial score (nSPS) is 15.2. The highest BCUT2D eigenvalue weighted by Crippen LogP contribution is 2.23. The standard InChI is InChI=1S/C23H20FN3O5S/c1-14-11-19(15(2)27(14)17-9-7-16(24)8-10-17)20(28)13-32-22(29)12-25-23-18-5-3-4-6-21(18)33(30,31)26-23/h3-11H,12-13H2,1-2H3,(H,25,26). The molecule has 0 amide bonds. The van der Waals surface area contributed by atoms with Crippen LogP contribution < -0.4 is 4.72 Å². The van der Waals surface area contributed by atoms with Crippen molar-refractivity contribution < 1.29 is 27.1 Å². The molecule has 10 heteroatoms. The fraction of sp³-hybridized carbons (Fsp3) is 0.174. The number of nitrogens with zero attached hydrogens (tertiary/aromatic N) is 2. The summed E-state index contributed by atoms with van der Waals surface area (Å²) in [5.41, 5.74) is 2.87. The lowest BCUT2D eigenvalue weighted by Gasteiger charge is -2.10. The Morgan fingerprint density at radius 2 is 1.79 bits per heavy atom. The Hall–Kier alpha value is -3.79. The third-order valence-electron chi connectivity index (χ3n) is 5.21. The number of ketones is 1. The Morgan fingerprint density at radius 1 is 1.09 bits per heavy atom. The second kappa shape index (κ2) is 8.62. The predicted molar refractivity (Wildman–Crippen MR) is 119 cm³/mol. The van der Waals surface area contributed by atoms with Gasteiger partial charge >= 0.3 is 5.97 Å². The zero-order valence-corrected chi connectivity index (χ0v) is 18.6. The molecule has 170 valence electrons. The minimum absolute atomic E-state index is 0.0525. The van der Waals surface area contributed by atoms with Gasteiger partial charge < -0.3 is 9.30 Å². The van der Waals surface area contributed by atoms with Gasteiger partial charge in [0.05, 0.1) is 4.90 Å². The number of aryl methyl sites for hydroxylation is 1. The second-order valence-electron chi connectivity index (χ2n) is 7.45. The molecule has 4 rings (SSSR count). The molecule has 0 radical (unpaired) electrons. The number of sulfonamides is 1. The molecule has 33 heavy (non-hydrogen) atoms. The number of hydrogen-bond donors (Lipinski definition) is 1. The number of Topliss-reactive ketones (excluding diaryl/α,β-unsaturated/α-hetero) is 1. The Labute approximate surface area is 189 Å². The van der Waals surface area contributed by atoms with Crippen LogP contribution in [0.4, 0.5) is 4.39 Å². The number of carbonyl (C=O) groups excluding carboxylic acids is 2. The lowest BCUT2D eigenvalue weighted by Crippen LogP contribution is -2.24. The Morgan fingerprint density at radius 3 is 2.52 bits per heavy atom. The molecule has 0 atom stereocenters. The fourth-order valence-electron chi connectivity index (χ4n) is 3.70. The van der Waals surface area contributed by atoms with Crippen LogP contribution >= 0.6 is 0 Å². The Kier molecular flexibility index (Phi) is 5.86. The molecular weight excluding hydrogens is 449 g/mol. The van der Waals surface area contributed by atoms with Crippen molar-refractivity contribution in [1.29, 1.82) is 0 Å². The van der Waals surface area contributed by atoms with Gasteiger partial charge in [0.25, 0.3) is 10.0 Å². The summed E-state index contributed by atoms with van der Waals surface area (Å²) < 4.78 is 46.6. The van der Waals surface area contributed by atoms with Crippen molar-refractivity contribution in [1.82, 2.24) is 9.29 Å². The van der Waals surface area contributed by atoms with Crippen molar-refractivity contribution in [2.24, 2.45) is 4.99 Å². The Balaban J connectivity index is 1.42. The van der Waals surface area contributed by atoms with Crippen LogP contribution in [0.25, 0.3) is 5.69 Å². The number of carbonyl (C=O) groups is 2. The summed E-state index contributed by atoms with van der Waals surface area (Å²) in [6, 6.07) is 13.8. The smallest absolute Gasteiger partial charge is 0.328 e. The number of fused-ring (bicyclic) bond motifs is 1. The summed E-state index contributed by atoms with van der Waals surface area (Å²) >= 11 is 0. The summed E-state index contributed by atoms with van der Waals surface area (Å²) in [5.74, 6) is -1.48. The molecule has 2 heterocycles. The zero-order chi connectivity index (χ0) is 23.8. The summed E-state index contributed by atoms with van der Waals surface area (Å²) in [6.45, 7) is 2.63. The molecule has 0 saturated heterocycles. The van der Waals surface area contributed by atoms with E-state index in [1.165, 1.54) is 18.2 Å². The molecule has 1 aliphatic rings. The third kappa shape index (κ3) is 4.42. The number of nitrogens with one attached hydrogen (secondary N) is 1. The number of ether oxygens (including phenoxy) is 1. The van der Waals surface area contributed by atoms with Gasteiger partial charge in [-0.15, -0.1) is 0 Å². The monoisotopic (exact) mass is 469 g/mol. The molecule has 0 fully saturated rings. The van der Waals surface area contributed by atoms with Crippen molar-refractivity contribution in [2.45, 2.75) is 18.7 Å². The van der Waals surface area contributed by atoms with E-state index in [-0.39, 0.29) is 16.5 Å². The van der Waals surface area contributed by atoms with Gasteiger partial charge in [0.15, 0.2) is 6.61 Å². The van der Waals surface area contributed by atoms with Gasteiger partial charge in [-0.05, 0) is 56.3 Å². The van der Waals surface area contributed by atoms with E-state index in [9.17, 15) is 22.4 Å². The van der Waals surface area contributed by atoms with E-state index in [0.717, 1.165) is 5.69 Å². The lowest BCUT2D eigenvalue weighted by molar-refractivity contribution is -0.140. The highest BCUT2D eigenvalue weighted by atomic mass is 32.2. The highest BCUT2D eigenvalue weighted by molar-refractivity contribution is 7.90. The first-order chi connectivity index (χ1) is 15.7. The second-order valence-corrected chi connectivity index (χ2v) is 9.10. The molecule has 0 spiro atoms. The zero-order valence-electron chi connectivity index (χ0n) is 17.8. The van der Waals surface area contributed by atoms with E-state index in [2.05, 4.69) is 9.71 Å². The van der Waals surface area contributed by atoms with Gasteiger partial charge in [0.1, 0.15) is 18.2 Å². The maximum atomic E-state index is 13.2. The summed E-state index contributed by atoms with van der Waals surface area (Å²) in [4.78, 5) is 28.9. The summed E-state index contributed by atoms with van der Waals surface area (Å²) in [5, 5.41) is 0. The lowest BCUT2D eigenvalue weighted by atomic mass is 10.1. The quantitative estimate of drug-likeness (QED) is 0.441. The van der Waals surface area contributed by atoms with Crippen LogP contribution in [0.3, 0.4) is 0 Å². The number of halogens is 1. The highest BCUT2D eigenvalue weighted by Gasteiger charge is 2.30. The summed E-state index contributed by atoms with van der Waals surface area (Å²) in [7, 11) is -3.71. The van der Waals surface area contributed by atoms with Gasteiger partial charge in [0, 0.05) is 28.2 Å². The molecule has 1 aliphatic heterocycles. The topological polar surface area (TPSA) is 107 Å². The average molecular weight is 469 g/mol. The molecule has 0 aliphatic carbocycles. The maximum absolute atomic E-state index is 13.2. The van der Waals surface area contributed by atoms with Crippen molar-refractivity contribution >= 4 is 27.6 Å². The van der Waals surface area contributed by atoms with E-state index < -0.39 is 34.9 Å². The molecule has 1 N–H and O–H groups in total. The number of esters is 1. The number of aromatic nitrogens is 1. The van der Waals surface area contributed by atoms with Gasteiger partial charge in [-0.2, -0.15) is 0 Å². The van der Waals surface area contributed by atoms with Crippen molar-refractivity contribution in [2.75, 3.05) is 13.2 Å². The first-order valence-corrected chi connectivity index (χ1v) is 11.5. The molecular formula is C23H20FN3O5S. The van der Waals surface area contributed by atoms with Gasteiger partial charge in [-0.3, -0.25) is 19.3 Å². The van der Waals surface area contributed by atoms with Crippen molar-refractivity contribution in [3.05, 3.63) is 82.9 Å². The molecule has 3 aromatic rings. The minimum atomic E-state index is -3.71. The van der Waals surface area contributed by atoms with E-state index in [1.807, 2.05) is 11.5 Å². The molecule has 1 aromatic heterocycles. The first-order valence-electron chi connectivity index (χ1n) is 9.98. The van der Waals surface area contributed by atoms with Crippen LogP contribution in [-0.2, 0) is 19.6 Å². The maximum Gasteiger partial charge on any atom is 0.328 e. The van der Waals surface area contributed by atoms with Crippen LogP contribution in [0.15, 0.2) is 64.5 Å². The van der Waals surface area contributed by atoms with Gasteiger partial charge in [-0.25, -0.2) is 12.8 Å². The van der Waals surface area contributed by atoms with E-state index in [0.29, 0.717) is 22.5 Å². The van der Waals surface area contributed by atoms with Gasteiger partial charge in [-0.1, -0.05) is 12.1 Å². The van der Waals surface area contributed by atoms with Crippen LogP contribution in [-0.4, -0.2) is 43.7 Å². The third-order valence-corrected chi connectivity index (χ3v) is 6.61. The van der Waals surface area contributed by atoms with E-state index >= 15 is 0 Å². The van der Waals surface area contributed by atoms with E-state index in [4.69, 9.17) is 4.74 Å². The van der Waals surface area contributed by atoms with Crippen molar-refractivity contribution in [3.63, 3.8) is 0 Å². The van der Waals surface area contributed by atoms with Gasteiger partial charge in [0.2, 0.25) is 5.78 Å². The number of amidine groups is 1. The largest absolute Gasteiger partial charge is 0.456 e. The average Bonchev–Trinajstić information content (AvgIpc) is 3.23. The minimum Gasteiger partial charge on any atom is -0.456 e. The summed E-state index contributed by atoms with van der Waals surface area (Å²) in [6.07, 6.45) is 0. The number of rotatable bonds is 6. The molecule has 2 aromatic carbocycles. The van der Waals surface area contributed by atoms with Crippen LogP contribution in [0, 0.1) is 19.7 Å². The van der Waals surface area contributed by atoms with Crippen LogP contribution in [0.5, 0.6) is 0 Å².